The third-order valence-electron chi connectivity index (χ3n) is 4.33. The summed E-state index contributed by atoms with van der Waals surface area (Å²) in [5.41, 5.74) is 1.10. The van der Waals surface area contributed by atoms with Crippen molar-refractivity contribution in [3.05, 3.63) is 11.4 Å². The number of nitrogens with zero attached hydrogens (tertiary/aromatic N) is 3. The van der Waals surface area contributed by atoms with E-state index in [1.165, 1.54) is 19.4 Å². The van der Waals surface area contributed by atoms with Gasteiger partial charge in [0.2, 0.25) is 0 Å². The van der Waals surface area contributed by atoms with Gasteiger partial charge >= 0.3 is 0 Å². The molecule has 1 aliphatic heterocycles. The van der Waals surface area contributed by atoms with Gasteiger partial charge in [-0.05, 0) is 32.9 Å². The Hall–Kier alpha value is -1.36. The summed E-state index contributed by atoms with van der Waals surface area (Å²) in [4.78, 5) is 11.8. The smallest absolute Gasteiger partial charge is 0.135 e. The summed E-state index contributed by atoms with van der Waals surface area (Å²) in [6.07, 6.45) is 2.59. The molecule has 2 N–H and O–H groups in total. The lowest BCUT2D eigenvalue weighted by atomic mass is 10.2. The van der Waals surface area contributed by atoms with E-state index in [0.29, 0.717) is 12.0 Å². The number of nitrogens with one attached hydrogen (secondary N) is 2. The Bertz CT molecular complexity index is 472. The van der Waals surface area contributed by atoms with E-state index in [9.17, 15) is 0 Å². The number of hydrogen-bond acceptors (Lipinski definition) is 5. The average Bonchev–Trinajstić information content (AvgIpc) is 2.93. The van der Waals surface area contributed by atoms with Gasteiger partial charge in [-0.3, -0.25) is 4.90 Å². The van der Waals surface area contributed by atoms with Gasteiger partial charge in [-0.25, -0.2) is 9.97 Å². The summed E-state index contributed by atoms with van der Waals surface area (Å²) in [7, 11) is 1.92. The van der Waals surface area contributed by atoms with Crippen LogP contribution in [0.2, 0.25) is 0 Å². The lowest BCUT2D eigenvalue weighted by Gasteiger charge is -2.24. The van der Waals surface area contributed by atoms with Crippen molar-refractivity contribution in [1.29, 1.82) is 0 Å². The molecule has 0 bridgehead atoms. The van der Waals surface area contributed by atoms with Gasteiger partial charge in [0.25, 0.3) is 0 Å². The molecule has 2 rings (SSSR count). The van der Waals surface area contributed by atoms with Crippen molar-refractivity contribution in [2.24, 2.45) is 0 Å². The van der Waals surface area contributed by atoms with Crippen LogP contribution in [0.4, 0.5) is 11.6 Å². The molecule has 0 amide bonds. The summed E-state index contributed by atoms with van der Waals surface area (Å²) < 4.78 is 0. The van der Waals surface area contributed by atoms with Gasteiger partial charge in [-0.2, -0.15) is 0 Å². The number of aromatic nitrogens is 2. The summed E-state index contributed by atoms with van der Waals surface area (Å²) in [5, 5.41) is 6.73. The molecule has 1 atom stereocenters. The molecular formula is C16H29N5. The molecule has 0 radical (unpaired) electrons. The zero-order valence-electron chi connectivity index (χ0n) is 14.0. The number of rotatable bonds is 6. The lowest BCUT2D eigenvalue weighted by Crippen LogP contribution is -2.35. The fourth-order valence-electron chi connectivity index (χ4n) is 2.96. The fraction of sp³-hybridized carbons (Fsp3) is 0.750. The van der Waals surface area contributed by atoms with Crippen molar-refractivity contribution in [1.82, 2.24) is 14.9 Å². The van der Waals surface area contributed by atoms with Gasteiger partial charge in [0.1, 0.15) is 17.5 Å². The second-order valence-corrected chi connectivity index (χ2v) is 6.11. The first-order valence-corrected chi connectivity index (χ1v) is 8.11. The molecule has 2 heterocycles. The van der Waals surface area contributed by atoms with E-state index in [0.717, 1.165) is 36.1 Å². The number of likely N-dealkylation sites (N-methyl/N-ethyl adjacent to an activating group) is 1. The first kappa shape index (κ1) is 16.0. The average molecular weight is 291 g/mol. The zero-order chi connectivity index (χ0) is 15.4. The minimum Gasteiger partial charge on any atom is -0.373 e. The van der Waals surface area contributed by atoms with E-state index in [1.807, 2.05) is 7.05 Å². The highest BCUT2D eigenvalue weighted by Gasteiger charge is 2.23. The number of hydrogen-bond donors (Lipinski definition) is 2. The van der Waals surface area contributed by atoms with E-state index < -0.39 is 0 Å². The summed E-state index contributed by atoms with van der Waals surface area (Å²) in [6, 6.07) is 0.630. The first-order valence-electron chi connectivity index (χ1n) is 8.11. The van der Waals surface area contributed by atoms with E-state index in [1.54, 1.807) is 0 Å². The van der Waals surface area contributed by atoms with Crippen LogP contribution in [0.3, 0.4) is 0 Å². The number of likely N-dealkylation sites (tertiary alicyclic amines) is 1. The van der Waals surface area contributed by atoms with Gasteiger partial charge in [-0.15, -0.1) is 0 Å². The van der Waals surface area contributed by atoms with Crippen LogP contribution in [0, 0.1) is 6.92 Å². The van der Waals surface area contributed by atoms with Crippen LogP contribution in [0.25, 0.3) is 0 Å². The Kier molecular flexibility index (Phi) is 5.39. The van der Waals surface area contributed by atoms with Crippen molar-refractivity contribution in [2.75, 3.05) is 37.3 Å². The van der Waals surface area contributed by atoms with Crippen molar-refractivity contribution < 1.29 is 0 Å². The molecule has 0 saturated carbocycles. The molecule has 5 heteroatoms. The molecule has 0 spiro atoms. The zero-order valence-corrected chi connectivity index (χ0v) is 14.0. The van der Waals surface area contributed by atoms with Crippen LogP contribution >= 0.6 is 0 Å². The normalized spacial score (nSPS) is 19.2. The van der Waals surface area contributed by atoms with Crippen LogP contribution in [-0.4, -0.2) is 47.6 Å². The highest BCUT2D eigenvalue weighted by molar-refractivity contribution is 5.57. The van der Waals surface area contributed by atoms with Crippen LogP contribution in [0.1, 0.15) is 50.9 Å². The summed E-state index contributed by atoms with van der Waals surface area (Å²) >= 11 is 0. The van der Waals surface area contributed by atoms with Gasteiger partial charge in [-0.1, -0.05) is 20.8 Å². The first-order chi connectivity index (χ1) is 10.1. The number of anilines is 2. The molecule has 1 saturated heterocycles. The SMILES string of the molecule is CCN1CCCC1CNc1nc(C(C)C)nc(NC)c1C. The molecular weight excluding hydrogens is 262 g/mol. The highest BCUT2D eigenvalue weighted by Crippen LogP contribution is 2.24. The van der Waals surface area contributed by atoms with Crippen LogP contribution in [0.5, 0.6) is 0 Å². The van der Waals surface area contributed by atoms with E-state index >= 15 is 0 Å². The van der Waals surface area contributed by atoms with E-state index in [-0.39, 0.29) is 0 Å². The Balaban J connectivity index is 2.13. The maximum Gasteiger partial charge on any atom is 0.135 e. The van der Waals surface area contributed by atoms with Crippen LogP contribution < -0.4 is 10.6 Å². The van der Waals surface area contributed by atoms with Crippen molar-refractivity contribution in [3.63, 3.8) is 0 Å². The van der Waals surface area contributed by atoms with Crippen LogP contribution in [-0.2, 0) is 0 Å². The standard InChI is InChI=1S/C16H29N5/c1-6-21-9-7-8-13(21)10-18-16-12(4)15(17-5)19-14(20-16)11(2)3/h11,13H,6-10H2,1-5H3,(H2,17,18,19,20). The molecule has 1 aromatic rings. The lowest BCUT2D eigenvalue weighted by molar-refractivity contribution is 0.277. The minimum absolute atomic E-state index is 0.330. The van der Waals surface area contributed by atoms with E-state index in [2.05, 4.69) is 48.2 Å². The predicted octanol–water partition coefficient (Wildman–Crippen LogP) is 2.85. The maximum atomic E-state index is 4.71. The highest BCUT2D eigenvalue weighted by atomic mass is 15.2. The molecule has 0 aromatic carbocycles. The largest absolute Gasteiger partial charge is 0.373 e. The van der Waals surface area contributed by atoms with Crippen LogP contribution in [0.15, 0.2) is 0 Å². The van der Waals surface area contributed by atoms with Crippen molar-refractivity contribution in [3.8, 4) is 0 Å². The summed E-state index contributed by atoms with van der Waals surface area (Å²) in [5.74, 6) is 3.12. The Morgan fingerprint density at radius 3 is 2.62 bits per heavy atom. The predicted molar refractivity (Wildman–Crippen MR) is 89.2 cm³/mol. The molecule has 118 valence electrons. The quantitative estimate of drug-likeness (QED) is 0.844. The monoisotopic (exact) mass is 291 g/mol. The Labute approximate surface area is 128 Å². The van der Waals surface area contributed by atoms with Crippen molar-refractivity contribution >= 4 is 11.6 Å². The second-order valence-electron chi connectivity index (χ2n) is 6.11. The third-order valence-corrected chi connectivity index (χ3v) is 4.33. The molecule has 1 aromatic heterocycles. The fourth-order valence-corrected chi connectivity index (χ4v) is 2.96. The van der Waals surface area contributed by atoms with Gasteiger partial charge in [0.05, 0.1) is 0 Å². The van der Waals surface area contributed by atoms with Gasteiger partial charge in [0.15, 0.2) is 0 Å². The van der Waals surface area contributed by atoms with Gasteiger partial charge < -0.3 is 10.6 Å². The van der Waals surface area contributed by atoms with E-state index in [4.69, 9.17) is 4.98 Å². The van der Waals surface area contributed by atoms with Crippen molar-refractivity contribution in [2.45, 2.75) is 52.5 Å². The third kappa shape index (κ3) is 3.64. The second kappa shape index (κ2) is 7.07. The summed E-state index contributed by atoms with van der Waals surface area (Å²) in [6.45, 7) is 11.9. The maximum absolute atomic E-state index is 4.71. The Morgan fingerprint density at radius 1 is 1.29 bits per heavy atom. The molecule has 1 fully saturated rings. The molecule has 21 heavy (non-hydrogen) atoms. The Morgan fingerprint density at radius 2 is 2.00 bits per heavy atom. The molecule has 0 aliphatic carbocycles. The minimum atomic E-state index is 0.330. The molecule has 5 nitrogen and oxygen atoms in total. The molecule has 1 aliphatic rings. The topological polar surface area (TPSA) is 53.1 Å². The molecule has 1 unspecified atom stereocenters. The van der Waals surface area contributed by atoms with Gasteiger partial charge in [0, 0.05) is 31.1 Å².